The first-order chi connectivity index (χ1) is 16.3. The standard InChI is InChI=1S/C28H33FN2O3/c1-18-9-10-23(31(18)17-20-8-6-5-7-19(20)16-30)15-28(2,29)14-22-11-21-12-25(33-3)26(34-4)13-24(21)27(22)32/h5-8,12-13,18,22-23H,9-11,14-15,17H2,1-4H3. The number of carbonyl (C=O) groups is 1. The highest BCUT2D eigenvalue weighted by Gasteiger charge is 2.41. The number of likely N-dealkylation sites (tertiary alicyclic amines) is 1. The van der Waals surface area contributed by atoms with Crippen molar-refractivity contribution in [2.75, 3.05) is 14.2 Å². The molecule has 0 N–H and O–H groups in total. The van der Waals surface area contributed by atoms with Crippen LogP contribution in [0, 0.1) is 17.2 Å². The molecule has 0 saturated carbocycles. The summed E-state index contributed by atoms with van der Waals surface area (Å²) in [5, 5.41) is 9.46. The van der Waals surface area contributed by atoms with Crippen LogP contribution in [0.2, 0.25) is 0 Å². The van der Waals surface area contributed by atoms with E-state index in [1.54, 1.807) is 27.2 Å². The second-order valence-corrected chi connectivity index (χ2v) is 9.97. The van der Waals surface area contributed by atoms with Gasteiger partial charge in [0.25, 0.3) is 0 Å². The van der Waals surface area contributed by atoms with Crippen molar-refractivity contribution in [3.05, 3.63) is 58.7 Å². The van der Waals surface area contributed by atoms with Crippen LogP contribution in [0.5, 0.6) is 11.5 Å². The third-order valence-electron chi connectivity index (χ3n) is 7.49. The molecule has 180 valence electrons. The molecule has 1 saturated heterocycles. The first-order valence-corrected chi connectivity index (χ1v) is 12.0. The van der Waals surface area contributed by atoms with Crippen molar-refractivity contribution in [2.24, 2.45) is 5.92 Å². The van der Waals surface area contributed by atoms with Gasteiger partial charge in [0.1, 0.15) is 5.67 Å². The zero-order chi connectivity index (χ0) is 24.5. The first-order valence-electron chi connectivity index (χ1n) is 12.0. The Morgan fingerprint density at radius 3 is 2.56 bits per heavy atom. The summed E-state index contributed by atoms with van der Waals surface area (Å²) in [5.74, 6) is 0.713. The van der Waals surface area contributed by atoms with E-state index in [2.05, 4.69) is 17.9 Å². The van der Waals surface area contributed by atoms with E-state index in [0.29, 0.717) is 48.1 Å². The topological polar surface area (TPSA) is 62.6 Å². The molecule has 0 radical (unpaired) electrons. The van der Waals surface area contributed by atoms with Crippen LogP contribution in [0.25, 0.3) is 0 Å². The third-order valence-corrected chi connectivity index (χ3v) is 7.49. The Morgan fingerprint density at radius 2 is 1.85 bits per heavy atom. The molecule has 1 aliphatic heterocycles. The second kappa shape index (κ2) is 9.76. The predicted octanol–water partition coefficient (Wildman–Crippen LogP) is 5.49. The average molecular weight is 465 g/mol. The van der Waals surface area contributed by atoms with Gasteiger partial charge >= 0.3 is 0 Å². The number of nitriles is 1. The Hall–Kier alpha value is -2.91. The van der Waals surface area contributed by atoms with Crippen LogP contribution >= 0.6 is 0 Å². The molecule has 0 spiro atoms. The van der Waals surface area contributed by atoms with Crippen molar-refractivity contribution in [1.82, 2.24) is 4.90 Å². The molecule has 4 atom stereocenters. The number of benzene rings is 2. The molecule has 0 aromatic heterocycles. The molecule has 1 aliphatic carbocycles. The number of hydrogen-bond acceptors (Lipinski definition) is 5. The maximum Gasteiger partial charge on any atom is 0.166 e. The monoisotopic (exact) mass is 464 g/mol. The number of nitrogens with zero attached hydrogens (tertiary/aromatic N) is 2. The van der Waals surface area contributed by atoms with E-state index >= 15 is 4.39 Å². The molecule has 6 heteroatoms. The molecule has 0 bridgehead atoms. The van der Waals surface area contributed by atoms with Gasteiger partial charge in [-0.1, -0.05) is 18.2 Å². The summed E-state index contributed by atoms with van der Waals surface area (Å²) in [7, 11) is 3.11. The number of alkyl halides is 1. The van der Waals surface area contributed by atoms with E-state index in [0.717, 1.165) is 24.0 Å². The van der Waals surface area contributed by atoms with Gasteiger partial charge in [-0.15, -0.1) is 0 Å². The molecule has 1 heterocycles. The lowest BCUT2D eigenvalue weighted by molar-refractivity contribution is 0.0682. The molecule has 2 aliphatic rings. The van der Waals surface area contributed by atoms with Crippen molar-refractivity contribution in [3.8, 4) is 17.6 Å². The minimum atomic E-state index is -1.47. The van der Waals surface area contributed by atoms with Crippen molar-refractivity contribution in [1.29, 1.82) is 5.26 Å². The van der Waals surface area contributed by atoms with Crippen LogP contribution in [0.1, 0.15) is 66.6 Å². The van der Waals surface area contributed by atoms with Crippen molar-refractivity contribution < 1.29 is 18.7 Å². The van der Waals surface area contributed by atoms with E-state index in [1.165, 1.54) is 0 Å². The van der Waals surface area contributed by atoms with Crippen LogP contribution in [0.3, 0.4) is 0 Å². The zero-order valence-corrected chi connectivity index (χ0v) is 20.4. The molecule has 4 unspecified atom stereocenters. The summed E-state index contributed by atoms with van der Waals surface area (Å²) >= 11 is 0. The number of fused-ring (bicyclic) bond motifs is 1. The van der Waals surface area contributed by atoms with E-state index < -0.39 is 5.67 Å². The Balaban J connectivity index is 1.46. The number of ketones is 1. The molecule has 0 amide bonds. The maximum atomic E-state index is 16.0. The molecule has 2 aromatic rings. The minimum Gasteiger partial charge on any atom is -0.493 e. The molecular weight excluding hydrogens is 431 g/mol. The van der Waals surface area contributed by atoms with Crippen LogP contribution in [-0.4, -0.2) is 42.7 Å². The molecule has 34 heavy (non-hydrogen) atoms. The smallest absolute Gasteiger partial charge is 0.166 e. The largest absolute Gasteiger partial charge is 0.493 e. The molecule has 4 rings (SSSR count). The molecular formula is C28H33FN2O3. The van der Waals surface area contributed by atoms with Crippen molar-refractivity contribution in [3.63, 3.8) is 0 Å². The number of methoxy groups -OCH3 is 2. The van der Waals surface area contributed by atoms with Gasteiger partial charge in [0.05, 0.1) is 25.9 Å². The number of halogens is 1. The highest BCUT2D eigenvalue weighted by Crippen LogP contribution is 2.42. The Bertz CT molecular complexity index is 1110. The van der Waals surface area contributed by atoms with Gasteiger partial charge < -0.3 is 9.47 Å². The van der Waals surface area contributed by atoms with Crippen molar-refractivity contribution >= 4 is 5.78 Å². The lowest BCUT2D eigenvalue weighted by Crippen LogP contribution is -2.39. The zero-order valence-electron chi connectivity index (χ0n) is 20.4. The lowest BCUT2D eigenvalue weighted by Gasteiger charge is -2.33. The normalized spacial score (nSPS) is 23.9. The number of rotatable bonds is 8. The number of carbonyl (C=O) groups excluding carboxylic acids is 1. The van der Waals surface area contributed by atoms with Gasteiger partial charge in [0.2, 0.25) is 0 Å². The van der Waals surface area contributed by atoms with Crippen LogP contribution in [0.4, 0.5) is 4.39 Å². The fourth-order valence-electron chi connectivity index (χ4n) is 5.74. The quantitative estimate of drug-likeness (QED) is 0.517. The second-order valence-electron chi connectivity index (χ2n) is 9.97. The van der Waals surface area contributed by atoms with Gasteiger partial charge in [0.15, 0.2) is 17.3 Å². The highest BCUT2D eigenvalue weighted by atomic mass is 19.1. The van der Waals surface area contributed by atoms with Gasteiger partial charge in [0, 0.05) is 30.1 Å². The minimum absolute atomic E-state index is 0.0144. The SMILES string of the molecule is COc1cc2c(cc1OC)C(=O)C(CC(C)(F)CC1CCC(C)N1Cc1ccccc1C#N)C2. The molecule has 2 aromatic carbocycles. The van der Waals surface area contributed by atoms with Gasteiger partial charge in [-0.2, -0.15) is 5.26 Å². The maximum absolute atomic E-state index is 16.0. The van der Waals surface area contributed by atoms with Crippen molar-refractivity contribution in [2.45, 2.75) is 70.2 Å². The first kappa shape index (κ1) is 24.2. The summed E-state index contributed by atoms with van der Waals surface area (Å²) in [6.07, 6.45) is 3.01. The third kappa shape index (κ3) is 4.81. The van der Waals surface area contributed by atoms with E-state index in [-0.39, 0.29) is 24.2 Å². The van der Waals surface area contributed by atoms with E-state index in [9.17, 15) is 10.1 Å². The Kier molecular flexibility index (Phi) is 6.95. The summed E-state index contributed by atoms with van der Waals surface area (Å²) in [6.45, 7) is 4.44. The Morgan fingerprint density at radius 1 is 1.15 bits per heavy atom. The predicted molar refractivity (Wildman–Crippen MR) is 129 cm³/mol. The number of Topliss-reactive ketones (excluding diaryl/α,β-unsaturated/α-hetero) is 1. The highest BCUT2D eigenvalue weighted by molar-refractivity contribution is 6.03. The molecule has 5 nitrogen and oxygen atoms in total. The molecule has 1 fully saturated rings. The summed E-state index contributed by atoms with van der Waals surface area (Å²) in [6, 6.07) is 13.9. The van der Waals surface area contributed by atoms with E-state index in [4.69, 9.17) is 9.47 Å². The van der Waals surface area contributed by atoms with E-state index in [1.807, 2.05) is 30.3 Å². The number of ether oxygens (including phenoxy) is 2. The van der Waals surface area contributed by atoms with Crippen LogP contribution < -0.4 is 9.47 Å². The number of hydrogen-bond donors (Lipinski definition) is 0. The summed E-state index contributed by atoms with van der Waals surface area (Å²) in [5.41, 5.74) is 1.69. The average Bonchev–Trinajstić information content (AvgIpc) is 3.31. The summed E-state index contributed by atoms with van der Waals surface area (Å²) < 4.78 is 26.7. The van der Waals surface area contributed by atoms with Crippen LogP contribution in [0.15, 0.2) is 36.4 Å². The van der Waals surface area contributed by atoms with Gasteiger partial charge in [-0.25, -0.2) is 4.39 Å². The Labute approximate surface area is 201 Å². The van der Waals surface area contributed by atoms with Gasteiger partial charge in [-0.3, -0.25) is 9.69 Å². The van der Waals surface area contributed by atoms with Crippen LogP contribution in [-0.2, 0) is 13.0 Å². The summed E-state index contributed by atoms with van der Waals surface area (Å²) in [4.78, 5) is 15.4. The lowest BCUT2D eigenvalue weighted by atomic mass is 9.85. The van der Waals surface area contributed by atoms with Gasteiger partial charge in [-0.05, 0) is 75.3 Å². The fraction of sp³-hybridized carbons (Fsp3) is 0.500. The fourth-order valence-corrected chi connectivity index (χ4v) is 5.74.